The largest absolute Gasteiger partial charge is 0.481 e. The first kappa shape index (κ1) is 17.9. The molecule has 1 saturated heterocycles. The van der Waals surface area contributed by atoms with E-state index in [-0.39, 0.29) is 11.9 Å². The Morgan fingerprint density at radius 3 is 2.62 bits per heavy atom. The van der Waals surface area contributed by atoms with Gasteiger partial charge in [0, 0.05) is 18.9 Å². The average Bonchev–Trinajstić information content (AvgIpc) is 2.94. The summed E-state index contributed by atoms with van der Waals surface area (Å²) >= 11 is 0. The van der Waals surface area contributed by atoms with Crippen molar-refractivity contribution in [1.29, 1.82) is 5.26 Å². The summed E-state index contributed by atoms with van der Waals surface area (Å²) in [6.07, 6.45) is 7.19. The molecule has 5 nitrogen and oxygen atoms in total. The minimum absolute atomic E-state index is 0.00179. The summed E-state index contributed by atoms with van der Waals surface area (Å²) in [4.78, 5) is 19.1. The second-order valence-electron chi connectivity index (χ2n) is 6.57. The number of ether oxygens (including phenoxy) is 1. The fourth-order valence-corrected chi connectivity index (χ4v) is 3.40. The van der Waals surface area contributed by atoms with Gasteiger partial charge in [-0.3, -0.25) is 9.78 Å². The summed E-state index contributed by atoms with van der Waals surface area (Å²) in [5, 5.41) is 8.88. The minimum atomic E-state index is -0.578. The van der Waals surface area contributed by atoms with Crippen LogP contribution < -0.4 is 4.74 Å². The van der Waals surface area contributed by atoms with Crippen LogP contribution >= 0.6 is 0 Å². The van der Waals surface area contributed by atoms with E-state index in [0.29, 0.717) is 11.3 Å². The van der Waals surface area contributed by atoms with Crippen molar-refractivity contribution in [3.05, 3.63) is 59.9 Å². The molecular formula is C21H23N3O2. The SMILES string of the molecule is C[C@H](Oc1ccc(C#N)cc1)C(=O)N1CCCCC[C@H]1c1ccncc1. The highest BCUT2D eigenvalue weighted by molar-refractivity contribution is 5.81. The van der Waals surface area contributed by atoms with Crippen LogP contribution in [0.4, 0.5) is 0 Å². The van der Waals surface area contributed by atoms with Crippen molar-refractivity contribution in [2.24, 2.45) is 0 Å². The summed E-state index contributed by atoms with van der Waals surface area (Å²) in [5.74, 6) is 0.596. The number of rotatable bonds is 4. The Hall–Kier alpha value is -2.87. The van der Waals surface area contributed by atoms with Gasteiger partial charge in [-0.05, 0) is 61.7 Å². The number of carbonyl (C=O) groups excluding carboxylic acids is 1. The van der Waals surface area contributed by atoms with Crippen molar-refractivity contribution in [1.82, 2.24) is 9.88 Å². The Morgan fingerprint density at radius 1 is 1.19 bits per heavy atom. The van der Waals surface area contributed by atoms with E-state index in [9.17, 15) is 4.79 Å². The fourth-order valence-electron chi connectivity index (χ4n) is 3.40. The molecule has 1 aliphatic rings. The van der Waals surface area contributed by atoms with Crippen LogP contribution in [0.2, 0.25) is 0 Å². The van der Waals surface area contributed by atoms with Crippen LogP contribution in [0.1, 0.15) is 49.8 Å². The molecule has 1 fully saturated rings. The second-order valence-corrected chi connectivity index (χ2v) is 6.57. The first-order chi connectivity index (χ1) is 12.7. The number of benzene rings is 1. The first-order valence-electron chi connectivity index (χ1n) is 9.06. The number of nitriles is 1. The maximum Gasteiger partial charge on any atom is 0.263 e. The zero-order valence-corrected chi connectivity index (χ0v) is 15.0. The molecule has 2 heterocycles. The number of hydrogen-bond acceptors (Lipinski definition) is 4. The van der Waals surface area contributed by atoms with Crippen LogP contribution in [0.15, 0.2) is 48.8 Å². The first-order valence-corrected chi connectivity index (χ1v) is 9.06. The Labute approximate surface area is 154 Å². The normalized spacial score (nSPS) is 18.5. The number of hydrogen-bond donors (Lipinski definition) is 0. The van der Waals surface area contributed by atoms with Gasteiger partial charge >= 0.3 is 0 Å². The smallest absolute Gasteiger partial charge is 0.263 e. The van der Waals surface area contributed by atoms with Gasteiger partial charge in [-0.1, -0.05) is 12.8 Å². The summed E-state index contributed by atoms with van der Waals surface area (Å²) < 4.78 is 5.84. The number of pyridine rings is 1. The van der Waals surface area contributed by atoms with Crippen LogP contribution in [0.5, 0.6) is 5.75 Å². The molecule has 1 aromatic carbocycles. The number of aromatic nitrogens is 1. The highest BCUT2D eigenvalue weighted by Crippen LogP contribution is 2.30. The summed E-state index contributed by atoms with van der Waals surface area (Å²) in [6.45, 7) is 2.53. The molecule has 1 aromatic heterocycles. The number of likely N-dealkylation sites (tertiary alicyclic amines) is 1. The van der Waals surface area contributed by atoms with Crippen LogP contribution in [0, 0.1) is 11.3 Å². The van der Waals surface area contributed by atoms with Crippen LogP contribution in [-0.4, -0.2) is 28.4 Å². The monoisotopic (exact) mass is 349 g/mol. The zero-order chi connectivity index (χ0) is 18.4. The molecule has 0 saturated carbocycles. The second kappa shape index (κ2) is 8.48. The maximum atomic E-state index is 13.1. The highest BCUT2D eigenvalue weighted by atomic mass is 16.5. The molecule has 0 spiro atoms. The molecule has 134 valence electrons. The van der Waals surface area contributed by atoms with Gasteiger partial charge in [-0.15, -0.1) is 0 Å². The number of carbonyl (C=O) groups is 1. The van der Waals surface area contributed by atoms with Gasteiger partial charge in [-0.25, -0.2) is 0 Å². The summed E-state index contributed by atoms with van der Waals surface area (Å²) in [7, 11) is 0. The summed E-state index contributed by atoms with van der Waals surface area (Å²) in [5.41, 5.74) is 1.70. The van der Waals surface area contributed by atoms with E-state index >= 15 is 0 Å². The lowest BCUT2D eigenvalue weighted by molar-refractivity contribution is -0.140. The molecule has 0 radical (unpaired) electrons. The van der Waals surface area contributed by atoms with Gasteiger partial charge in [0.05, 0.1) is 17.7 Å². The standard InChI is InChI=1S/C21H23N3O2/c1-16(26-19-8-6-17(15-22)7-9-19)21(25)24-14-4-2-3-5-20(24)18-10-12-23-13-11-18/h6-13,16,20H,2-5,14H2,1H3/t16-,20-/m0/s1. The molecular weight excluding hydrogens is 326 g/mol. The van der Waals surface area contributed by atoms with E-state index in [1.54, 1.807) is 43.6 Å². The predicted octanol–water partition coefficient (Wildman–Crippen LogP) is 3.86. The molecule has 0 aliphatic carbocycles. The third-order valence-corrected chi connectivity index (χ3v) is 4.77. The third kappa shape index (κ3) is 4.20. The fraction of sp³-hybridized carbons (Fsp3) is 0.381. The number of nitrogens with zero attached hydrogens (tertiary/aromatic N) is 3. The van der Waals surface area contributed by atoms with Crippen LogP contribution in [0.25, 0.3) is 0 Å². The molecule has 2 aromatic rings. The van der Waals surface area contributed by atoms with Crippen molar-refractivity contribution < 1.29 is 9.53 Å². The Kier molecular flexibility index (Phi) is 5.85. The van der Waals surface area contributed by atoms with Crippen molar-refractivity contribution in [2.45, 2.75) is 44.8 Å². The van der Waals surface area contributed by atoms with E-state index in [1.165, 1.54) is 0 Å². The van der Waals surface area contributed by atoms with E-state index in [0.717, 1.165) is 37.8 Å². The van der Waals surface area contributed by atoms with Crippen LogP contribution in [0.3, 0.4) is 0 Å². The van der Waals surface area contributed by atoms with E-state index < -0.39 is 6.10 Å². The molecule has 26 heavy (non-hydrogen) atoms. The topological polar surface area (TPSA) is 66.2 Å². The Balaban J connectivity index is 1.75. The highest BCUT2D eigenvalue weighted by Gasteiger charge is 2.30. The van der Waals surface area contributed by atoms with Gasteiger partial charge < -0.3 is 9.64 Å². The Bertz CT molecular complexity index is 768. The average molecular weight is 349 g/mol. The van der Waals surface area contributed by atoms with Gasteiger partial charge in [0.25, 0.3) is 5.91 Å². The summed E-state index contributed by atoms with van der Waals surface area (Å²) in [6, 6.07) is 13.0. The quantitative estimate of drug-likeness (QED) is 0.840. The zero-order valence-electron chi connectivity index (χ0n) is 15.0. The van der Waals surface area contributed by atoms with E-state index in [2.05, 4.69) is 11.1 Å². The Morgan fingerprint density at radius 2 is 1.92 bits per heavy atom. The van der Waals surface area contributed by atoms with Gasteiger partial charge in [0.2, 0.25) is 0 Å². The lowest BCUT2D eigenvalue weighted by atomic mass is 10.0. The van der Waals surface area contributed by atoms with Crippen molar-refractivity contribution in [2.75, 3.05) is 6.54 Å². The lowest BCUT2D eigenvalue weighted by Crippen LogP contribution is -2.42. The molecule has 1 aliphatic heterocycles. The predicted molar refractivity (Wildman–Crippen MR) is 98.4 cm³/mol. The van der Waals surface area contributed by atoms with Crippen molar-refractivity contribution >= 4 is 5.91 Å². The van der Waals surface area contributed by atoms with Crippen molar-refractivity contribution in [3.63, 3.8) is 0 Å². The number of amides is 1. The van der Waals surface area contributed by atoms with Crippen LogP contribution in [-0.2, 0) is 4.79 Å². The molecule has 0 unspecified atom stereocenters. The molecule has 0 bridgehead atoms. The van der Waals surface area contributed by atoms with E-state index in [1.807, 2.05) is 17.0 Å². The lowest BCUT2D eigenvalue weighted by Gasteiger charge is -2.32. The molecule has 5 heteroatoms. The van der Waals surface area contributed by atoms with Gasteiger partial charge in [0.1, 0.15) is 5.75 Å². The third-order valence-electron chi connectivity index (χ3n) is 4.77. The maximum absolute atomic E-state index is 13.1. The molecule has 0 N–H and O–H groups in total. The van der Waals surface area contributed by atoms with Crippen molar-refractivity contribution in [3.8, 4) is 11.8 Å². The van der Waals surface area contributed by atoms with Gasteiger partial charge in [0.15, 0.2) is 6.10 Å². The molecule has 2 atom stereocenters. The van der Waals surface area contributed by atoms with Gasteiger partial charge in [-0.2, -0.15) is 5.26 Å². The molecule has 3 rings (SSSR count). The molecule has 1 amide bonds. The minimum Gasteiger partial charge on any atom is -0.481 e. The van der Waals surface area contributed by atoms with E-state index in [4.69, 9.17) is 10.00 Å².